The van der Waals surface area contributed by atoms with Gasteiger partial charge in [0, 0.05) is 37.0 Å². The van der Waals surface area contributed by atoms with Crippen molar-refractivity contribution in [1.29, 1.82) is 0 Å². The van der Waals surface area contributed by atoms with Crippen LogP contribution >= 0.6 is 11.8 Å². The van der Waals surface area contributed by atoms with Crippen LogP contribution in [0.1, 0.15) is 40.5 Å². The highest BCUT2D eigenvalue weighted by Gasteiger charge is 2.31. The molecule has 1 aliphatic heterocycles. The van der Waals surface area contributed by atoms with E-state index in [4.69, 9.17) is 0 Å². The lowest BCUT2D eigenvalue weighted by Gasteiger charge is -2.45. The summed E-state index contributed by atoms with van der Waals surface area (Å²) >= 11 is 1.97. The summed E-state index contributed by atoms with van der Waals surface area (Å²) < 4.78 is 0. The Bertz CT molecular complexity index is 210. The maximum atomic E-state index is 3.75. The van der Waals surface area contributed by atoms with E-state index in [-0.39, 0.29) is 0 Å². The molecule has 0 aromatic rings. The van der Waals surface area contributed by atoms with Crippen LogP contribution < -0.4 is 5.32 Å². The third kappa shape index (κ3) is 4.15. The van der Waals surface area contributed by atoms with Crippen LogP contribution in [0.3, 0.4) is 0 Å². The second kappa shape index (κ2) is 7.65. The number of nitrogens with one attached hydrogen (secondary N) is 1. The van der Waals surface area contributed by atoms with Gasteiger partial charge < -0.3 is 5.32 Å². The van der Waals surface area contributed by atoms with E-state index in [9.17, 15) is 0 Å². The van der Waals surface area contributed by atoms with Crippen molar-refractivity contribution in [2.75, 3.05) is 25.1 Å². The molecule has 17 heavy (non-hydrogen) atoms. The fraction of sp³-hybridized carbons (Fsp3) is 1.00. The highest BCUT2D eigenvalue weighted by atomic mass is 32.2. The lowest BCUT2D eigenvalue weighted by Crippen LogP contribution is -2.60. The molecule has 1 heterocycles. The number of hydrogen-bond donors (Lipinski definition) is 1. The van der Waals surface area contributed by atoms with Crippen molar-refractivity contribution in [2.45, 2.75) is 58.7 Å². The molecule has 0 aliphatic carbocycles. The van der Waals surface area contributed by atoms with E-state index in [1.807, 2.05) is 11.8 Å². The van der Waals surface area contributed by atoms with Crippen molar-refractivity contribution < 1.29 is 0 Å². The van der Waals surface area contributed by atoms with E-state index < -0.39 is 0 Å². The van der Waals surface area contributed by atoms with E-state index in [0.29, 0.717) is 12.1 Å². The van der Waals surface area contributed by atoms with Gasteiger partial charge in [-0.25, -0.2) is 0 Å². The van der Waals surface area contributed by atoms with Gasteiger partial charge in [-0.2, -0.15) is 11.8 Å². The van der Waals surface area contributed by atoms with Crippen molar-refractivity contribution in [1.82, 2.24) is 10.2 Å². The van der Waals surface area contributed by atoms with Crippen LogP contribution in [0.2, 0.25) is 0 Å². The molecule has 102 valence electrons. The van der Waals surface area contributed by atoms with Crippen LogP contribution in [0.25, 0.3) is 0 Å². The molecule has 2 nitrogen and oxygen atoms in total. The summed E-state index contributed by atoms with van der Waals surface area (Å²) in [6.07, 6.45) is 4.75. The summed E-state index contributed by atoms with van der Waals surface area (Å²) in [5, 5.41) is 3.75. The standard InChI is InChI=1S/C14H30N2S/c1-6-11(3)14-9-16(12(4)10-17-5)13(7-2)8-15-14/h11-15H,6-10H2,1-5H3. The number of piperazine rings is 1. The molecular weight excluding hydrogens is 228 g/mol. The molecule has 0 saturated carbocycles. The van der Waals surface area contributed by atoms with Gasteiger partial charge in [0.1, 0.15) is 0 Å². The molecule has 1 saturated heterocycles. The average molecular weight is 258 g/mol. The van der Waals surface area contributed by atoms with Crippen molar-refractivity contribution in [2.24, 2.45) is 5.92 Å². The van der Waals surface area contributed by atoms with Gasteiger partial charge in [0.15, 0.2) is 0 Å². The first-order valence-electron chi connectivity index (χ1n) is 7.12. The predicted octanol–water partition coefficient (Wildman–Crippen LogP) is 2.84. The highest BCUT2D eigenvalue weighted by molar-refractivity contribution is 7.98. The summed E-state index contributed by atoms with van der Waals surface area (Å²) in [5.74, 6) is 2.04. The first kappa shape index (κ1) is 15.3. The second-order valence-corrected chi connectivity index (χ2v) is 6.37. The van der Waals surface area contributed by atoms with Crippen LogP contribution in [0, 0.1) is 5.92 Å². The predicted molar refractivity (Wildman–Crippen MR) is 79.9 cm³/mol. The molecule has 1 aliphatic rings. The third-order valence-electron chi connectivity index (χ3n) is 4.27. The molecule has 3 heteroatoms. The van der Waals surface area contributed by atoms with Gasteiger partial charge in [-0.3, -0.25) is 4.90 Å². The maximum absolute atomic E-state index is 3.75. The van der Waals surface area contributed by atoms with Crippen molar-refractivity contribution in [3.05, 3.63) is 0 Å². The summed E-state index contributed by atoms with van der Waals surface area (Å²) in [5.41, 5.74) is 0. The zero-order valence-corrected chi connectivity index (χ0v) is 13.0. The van der Waals surface area contributed by atoms with E-state index >= 15 is 0 Å². The van der Waals surface area contributed by atoms with E-state index in [2.05, 4.69) is 44.2 Å². The zero-order valence-electron chi connectivity index (χ0n) is 12.2. The van der Waals surface area contributed by atoms with Gasteiger partial charge in [-0.1, -0.05) is 27.2 Å². The third-order valence-corrected chi connectivity index (χ3v) is 5.08. The van der Waals surface area contributed by atoms with Crippen molar-refractivity contribution in [3.8, 4) is 0 Å². The molecule has 0 aromatic carbocycles. The molecule has 1 N–H and O–H groups in total. The van der Waals surface area contributed by atoms with Crippen molar-refractivity contribution in [3.63, 3.8) is 0 Å². The summed E-state index contributed by atoms with van der Waals surface area (Å²) in [6, 6.07) is 2.13. The molecule has 4 unspecified atom stereocenters. The minimum atomic E-state index is 0.687. The largest absolute Gasteiger partial charge is 0.311 e. The lowest BCUT2D eigenvalue weighted by molar-refractivity contribution is 0.0795. The summed E-state index contributed by atoms with van der Waals surface area (Å²) in [4.78, 5) is 2.74. The van der Waals surface area contributed by atoms with E-state index in [1.54, 1.807) is 0 Å². The summed E-state index contributed by atoms with van der Waals surface area (Å²) in [6.45, 7) is 11.8. The van der Waals surface area contributed by atoms with Gasteiger partial charge in [0.2, 0.25) is 0 Å². The lowest BCUT2D eigenvalue weighted by atomic mass is 9.94. The highest BCUT2D eigenvalue weighted by Crippen LogP contribution is 2.20. The fourth-order valence-electron chi connectivity index (χ4n) is 2.77. The molecule has 1 fully saturated rings. The molecule has 0 spiro atoms. The van der Waals surface area contributed by atoms with Crippen LogP contribution in [0.5, 0.6) is 0 Å². The molecule has 4 atom stereocenters. The minimum Gasteiger partial charge on any atom is -0.311 e. The Balaban J connectivity index is 2.61. The Labute approximate surface area is 112 Å². The Morgan fingerprint density at radius 2 is 2.06 bits per heavy atom. The smallest absolute Gasteiger partial charge is 0.0221 e. The van der Waals surface area contributed by atoms with Crippen LogP contribution in [-0.4, -0.2) is 48.1 Å². The van der Waals surface area contributed by atoms with Gasteiger partial charge in [0.25, 0.3) is 0 Å². The van der Waals surface area contributed by atoms with E-state index in [1.165, 1.54) is 31.7 Å². The monoisotopic (exact) mass is 258 g/mol. The molecule has 1 rings (SSSR count). The topological polar surface area (TPSA) is 15.3 Å². The molecule has 0 aromatic heterocycles. The Morgan fingerprint density at radius 1 is 1.35 bits per heavy atom. The Morgan fingerprint density at radius 3 is 2.59 bits per heavy atom. The first-order valence-corrected chi connectivity index (χ1v) is 8.51. The van der Waals surface area contributed by atoms with Gasteiger partial charge in [-0.15, -0.1) is 0 Å². The minimum absolute atomic E-state index is 0.687. The van der Waals surface area contributed by atoms with Crippen molar-refractivity contribution >= 4 is 11.8 Å². The first-order chi connectivity index (χ1) is 8.13. The van der Waals surface area contributed by atoms with Gasteiger partial charge in [-0.05, 0) is 25.5 Å². The number of hydrogen-bond acceptors (Lipinski definition) is 3. The average Bonchev–Trinajstić information content (AvgIpc) is 2.37. The second-order valence-electron chi connectivity index (χ2n) is 5.46. The van der Waals surface area contributed by atoms with Crippen LogP contribution in [-0.2, 0) is 0 Å². The molecule has 0 radical (unpaired) electrons. The molecular formula is C14H30N2S. The maximum Gasteiger partial charge on any atom is 0.0221 e. The van der Waals surface area contributed by atoms with Crippen LogP contribution in [0.15, 0.2) is 0 Å². The SMILES string of the molecule is CCC(C)C1CN(C(C)CSC)C(CC)CN1. The van der Waals surface area contributed by atoms with Gasteiger partial charge >= 0.3 is 0 Å². The van der Waals surface area contributed by atoms with Gasteiger partial charge in [0.05, 0.1) is 0 Å². The van der Waals surface area contributed by atoms with E-state index in [0.717, 1.165) is 12.0 Å². The number of rotatable bonds is 6. The quantitative estimate of drug-likeness (QED) is 0.789. The summed E-state index contributed by atoms with van der Waals surface area (Å²) in [7, 11) is 0. The normalized spacial score (nSPS) is 30.2. The molecule has 0 bridgehead atoms. The Hall–Kier alpha value is 0.270. The Kier molecular flexibility index (Phi) is 6.90. The number of thioether (sulfide) groups is 1. The number of nitrogens with zero attached hydrogens (tertiary/aromatic N) is 1. The molecule has 0 amide bonds. The fourth-order valence-corrected chi connectivity index (χ4v) is 3.44. The van der Waals surface area contributed by atoms with Crippen LogP contribution in [0.4, 0.5) is 0 Å². The zero-order chi connectivity index (χ0) is 12.8.